The molecular formula is C16H23NO3S2. The van der Waals surface area contributed by atoms with E-state index in [1.165, 1.54) is 5.56 Å². The fraction of sp³-hybridized carbons (Fsp3) is 0.500. The van der Waals surface area contributed by atoms with Crippen LogP contribution >= 0.6 is 24.4 Å². The van der Waals surface area contributed by atoms with E-state index in [1.807, 2.05) is 37.4 Å². The first-order valence-corrected chi connectivity index (χ1v) is 9.19. The largest absolute Gasteiger partial charge is 0.480 e. The molecule has 0 aliphatic rings. The number of carbonyl (C=O) groups is 2. The molecule has 1 aromatic rings. The Morgan fingerprint density at radius 3 is 2.45 bits per heavy atom. The molecule has 22 heavy (non-hydrogen) atoms. The van der Waals surface area contributed by atoms with Gasteiger partial charge in [0.15, 0.2) is 0 Å². The third kappa shape index (κ3) is 6.32. The van der Waals surface area contributed by atoms with Crippen molar-refractivity contribution in [3.63, 3.8) is 0 Å². The molecule has 0 aliphatic carbocycles. The predicted molar refractivity (Wildman–Crippen MR) is 94.8 cm³/mol. The molecule has 2 N–H and O–H groups in total. The summed E-state index contributed by atoms with van der Waals surface area (Å²) in [5.74, 6) is -0.489. The Labute approximate surface area is 141 Å². The summed E-state index contributed by atoms with van der Waals surface area (Å²) in [6.45, 7) is 2.01. The van der Waals surface area contributed by atoms with Gasteiger partial charge in [0, 0.05) is 5.75 Å². The highest BCUT2D eigenvalue weighted by molar-refractivity contribution is 7.98. The summed E-state index contributed by atoms with van der Waals surface area (Å²) in [7, 11) is 0. The summed E-state index contributed by atoms with van der Waals surface area (Å²) < 4.78 is 0. The first kappa shape index (κ1) is 18.9. The molecule has 1 amide bonds. The Balaban J connectivity index is 2.66. The van der Waals surface area contributed by atoms with Gasteiger partial charge < -0.3 is 10.4 Å². The van der Waals surface area contributed by atoms with Crippen LogP contribution in [0.25, 0.3) is 0 Å². The summed E-state index contributed by atoms with van der Waals surface area (Å²) in [4.78, 5) is 23.5. The van der Waals surface area contributed by atoms with Gasteiger partial charge in [-0.25, -0.2) is 4.79 Å². The number of amides is 1. The van der Waals surface area contributed by atoms with Crippen molar-refractivity contribution in [2.75, 3.05) is 17.8 Å². The molecule has 0 aromatic heterocycles. The fourth-order valence-electron chi connectivity index (χ4n) is 2.03. The lowest BCUT2D eigenvalue weighted by molar-refractivity contribution is -0.142. The Kier molecular flexibility index (Phi) is 8.42. The van der Waals surface area contributed by atoms with Crippen LogP contribution in [0.4, 0.5) is 0 Å². The summed E-state index contributed by atoms with van der Waals surface area (Å²) in [6.07, 6.45) is 2.89. The quantitative estimate of drug-likeness (QED) is 0.604. The van der Waals surface area contributed by atoms with E-state index in [-0.39, 0.29) is 11.8 Å². The molecule has 0 heterocycles. The van der Waals surface area contributed by atoms with Crippen LogP contribution in [0.1, 0.15) is 17.5 Å². The molecule has 0 bridgehead atoms. The van der Waals surface area contributed by atoms with E-state index in [0.29, 0.717) is 24.3 Å². The minimum Gasteiger partial charge on any atom is -0.480 e. The maximum absolute atomic E-state index is 12.3. The van der Waals surface area contributed by atoms with Gasteiger partial charge in [-0.1, -0.05) is 29.8 Å². The van der Waals surface area contributed by atoms with Gasteiger partial charge in [0.25, 0.3) is 0 Å². The van der Waals surface area contributed by atoms with Crippen molar-refractivity contribution in [1.29, 1.82) is 0 Å². The van der Waals surface area contributed by atoms with Gasteiger partial charge in [-0.05, 0) is 37.3 Å². The number of hydrogen-bond donors (Lipinski definition) is 3. The number of thiol groups is 1. The van der Waals surface area contributed by atoms with Gasteiger partial charge in [-0.3, -0.25) is 4.79 Å². The minimum atomic E-state index is -0.990. The zero-order chi connectivity index (χ0) is 16.5. The van der Waals surface area contributed by atoms with E-state index in [9.17, 15) is 14.7 Å². The van der Waals surface area contributed by atoms with Gasteiger partial charge in [-0.2, -0.15) is 24.4 Å². The molecule has 1 rings (SSSR count). The van der Waals surface area contributed by atoms with Crippen LogP contribution < -0.4 is 5.32 Å². The van der Waals surface area contributed by atoms with E-state index >= 15 is 0 Å². The van der Waals surface area contributed by atoms with E-state index in [0.717, 1.165) is 5.56 Å². The third-order valence-electron chi connectivity index (χ3n) is 3.42. The molecule has 1 aromatic carbocycles. The van der Waals surface area contributed by atoms with Crippen LogP contribution in [0.2, 0.25) is 0 Å². The highest BCUT2D eigenvalue weighted by Gasteiger charge is 2.24. The number of carbonyl (C=O) groups excluding carboxylic acids is 1. The SMILES string of the molecule is CSCC[C@H](NC(=O)C(CS)Cc1ccc(C)cc1)C(=O)O. The Bertz CT molecular complexity index is 491. The molecule has 0 aliphatic heterocycles. The topological polar surface area (TPSA) is 66.4 Å². The lowest BCUT2D eigenvalue weighted by Gasteiger charge is -2.19. The molecule has 122 valence electrons. The smallest absolute Gasteiger partial charge is 0.326 e. The number of thioether (sulfide) groups is 1. The second-order valence-corrected chi connectivity index (χ2v) is 6.60. The Hall–Kier alpha value is -1.14. The fourth-order valence-corrected chi connectivity index (χ4v) is 2.80. The average molecular weight is 341 g/mol. The lowest BCUT2D eigenvalue weighted by Crippen LogP contribution is -2.44. The summed E-state index contributed by atoms with van der Waals surface area (Å²) in [5, 5.41) is 11.8. The van der Waals surface area contributed by atoms with Crippen LogP contribution in [0.3, 0.4) is 0 Å². The van der Waals surface area contributed by atoms with Crippen LogP contribution in [0.5, 0.6) is 0 Å². The molecule has 0 spiro atoms. The average Bonchev–Trinajstić information content (AvgIpc) is 2.50. The van der Waals surface area contributed by atoms with E-state index in [2.05, 4.69) is 17.9 Å². The Morgan fingerprint density at radius 2 is 1.95 bits per heavy atom. The van der Waals surface area contributed by atoms with Crippen molar-refractivity contribution in [3.8, 4) is 0 Å². The second kappa shape index (κ2) is 9.79. The number of carboxylic acids is 1. The minimum absolute atomic E-state index is 0.246. The predicted octanol–water partition coefficient (Wildman–Crippen LogP) is 2.41. The zero-order valence-corrected chi connectivity index (χ0v) is 14.6. The number of carboxylic acid groups (broad SMARTS) is 1. The van der Waals surface area contributed by atoms with Crippen molar-refractivity contribution < 1.29 is 14.7 Å². The van der Waals surface area contributed by atoms with Crippen LogP contribution in [-0.4, -0.2) is 40.8 Å². The Morgan fingerprint density at radius 1 is 1.32 bits per heavy atom. The molecule has 4 nitrogen and oxygen atoms in total. The van der Waals surface area contributed by atoms with Gasteiger partial charge in [0.2, 0.25) is 5.91 Å². The number of rotatable bonds is 9. The second-order valence-electron chi connectivity index (χ2n) is 5.25. The maximum Gasteiger partial charge on any atom is 0.326 e. The molecule has 0 radical (unpaired) electrons. The molecule has 2 atom stereocenters. The van der Waals surface area contributed by atoms with Crippen LogP contribution in [0.15, 0.2) is 24.3 Å². The summed E-state index contributed by atoms with van der Waals surface area (Å²) in [5.41, 5.74) is 2.22. The van der Waals surface area contributed by atoms with Crippen molar-refractivity contribution in [2.24, 2.45) is 5.92 Å². The number of aryl methyl sites for hydroxylation is 1. The molecule has 0 saturated heterocycles. The van der Waals surface area contributed by atoms with Crippen molar-refractivity contribution in [2.45, 2.75) is 25.8 Å². The van der Waals surface area contributed by atoms with Crippen LogP contribution in [-0.2, 0) is 16.0 Å². The standard InChI is InChI=1S/C16H23NO3S2/c1-11-3-5-12(6-4-11)9-13(10-21)15(18)17-14(16(19)20)7-8-22-2/h3-6,13-14,21H,7-10H2,1-2H3,(H,17,18)(H,19,20)/t13?,14-/m0/s1. The monoisotopic (exact) mass is 341 g/mol. The molecule has 0 saturated carbocycles. The highest BCUT2D eigenvalue weighted by atomic mass is 32.2. The van der Waals surface area contributed by atoms with Crippen molar-refractivity contribution in [1.82, 2.24) is 5.32 Å². The third-order valence-corrected chi connectivity index (χ3v) is 4.50. The normalized spacial score (nSPS) is 13.4. The first-order chi connectivity index (χ1) is 10.5. The number of hydrogen-bond acceptors (Lipinski definition) is 4. The van der Waals surface area contributed by atoms with E-state index < -0.39 is 12.0 Å². The highest BCUT2D eigenvalue weighted by Crippen LogP contribution is 2.13. The van der Waals surface area contributed by atoms with E-state index in [4.69, 9.17) is 0 Å². The van der Waals surface area contributed by atoms with Crippen LogP contribution in [0, 0.1) is 12.8 Å². The maximum atomic E-state index is 12.3. The number of benzene rings is 1. The summed E-state index contributed by atoms with van der Waals surface area (Å²) >= 11 is 5.80. The number of nitrogens with one attached hydrogen (secondary N) is 1. The molecule has 6 heteroatoms. The summed E-state index contributed by atoms with van der Waals surface area (Å²) in [6, 6.07) is 7.14. The van der Waals surface area contributed by atoms with Gasteiger partial charge in [-0.15, -0.1) is 0 Å². The van der Waals surface area contributed by atoms with Gasteiger partial charge in [0.05, 0.1) is 5.92 Å². The zero-order valence-electron chi connectivity index (χ0n) is 12.9. The lowest BCUT2D eigenvalue weighted by atomic mass is 9.99. The van der Waals surface area contributed by atoms with Gasteiger partial charge in [0.1, 0.15) is 6.04 Å². The molecular weight excluding hydrogens is 318 g/mol. The van der Waals surface area contributed by atoms with Crippen molar-refractivity contribution in [3.05, 3.63) is 35.4 Å². The first-order valence-electron chi connectivity index (χ1n) is 7.16. The van der Waals surface area contributed by atoms with Crippen molar-refractivity contribution >= 4 is 36.3 Å². The van der Waals surface area contributed by atoms with Gasteiger partial charge >= 0.3 is 5.97 Å². The van der Waals surface area contributed by atoms with E-state index in [1.54, 1.807) is 11.8 Å². The number of aliphatic carboxylic acids is 1. The molecule has 0 fully saturated rings. The molecule has 1 unspecified atom stereocenters.